The third-order valence-corrected chi connectivity index (χ3v) is 3.38. The highest BCUT2D eigenvalue weighted by Crippen LogP contribution is 2.22. The van der Waals surface area contributed by atoms with Crippen molar-refractivity contribution >= 4 is 5.91 Å². The minimum atomic E-state index is -0.291. The zero-order valence-corrected chi connectivity index (χ0v) is 10.6. The first-order valence-corrected chi connectivity index (χ1v) is 6.40. The maximum Gasteiger partial charge on any atom is 0.251 e. The summed E-state index contributed by atoms with van der Waals surface area (Å²) in [7, 11) is 0. The number of nitrogens with two attached hydrogens (primary N) is 1. The maximum absolute atomic E-state index is 12.3. The Kier molecular flexibility index (Phi) is 4.01. The fourth-order valence-electron chi connectivity index (χ4n) is 2.62. The van der Waals surface area contributed by atoms with Gasteiger partial charge < -0.3 is 20.1 Å². The molecular weight excluding hydrogens is 220 g/mol. The van der Waals surface area contributed by atoms with Crippen LogP contribution in [0.3, 0.4) is 0 Å². The number of hydrogen-bond donors (Lipinski definition) is 1. The molecule has 2 aliphatic rings. The van der Waals surface area contributed by atoms with Gasteiger partial charge in [0.25, 0.3) is 5.91 Å². The lowest BCUT2D eigenvalue weighted by atomic mass is 10.1. The highest BCUT2D eigenvalue weighted by molar-refractivity contribution is 5.81. The molecule has 4 unspecified atom stereocenters. The molecule has 98 valence electrons. The van der Waals surface area contributed by atoms with Gasteiger partial charge in [0.1, 0.15) is 6.10 Å². The Morgan fingerprint density at radius 2 is 1.88 bits per heavy atom. The number of amides is 1. The van der Waals surface area contributed by atoms with Crippen LogP contribution in [0.4, 0.5) is 0 Å². The molecule has 17 heavy (non-hydrogen) atoms. The smallest absolute Gasteiger partial charge is 0.251 e. The van der Waals surface area contributed by atoms with Gasteiger partial charge in [0, 0.05) is 19.6 Å². The zero-order valence-electron chi connectivity index (χ0n) is 10.6. The summed E-state index contributed by atoms with van der Waals surface area (Å²) in [6.45, 7) is 5.81. The number of carbonyl (C=O) groups excluding carboxylic acids is 1. The lowest BCUT2D eigenvalue weighted by Crippen LogP contribution is -2.51. The fraction of sp³-hybridized carbons (Fsp3) is 0.917. The van der Waals surface area contributed by atoms with E-state index in [9.17, 15) is 4.79 Å². The predicted molar refractivity (Wildman–Crippen MR) is 63.5 cm³/mol. The van der Waals surface area contributed by atoms with E-state index in [1.165, 1.54) is 0 Å². The molecule has 0 radical (unpaired) electrons. The van der Waals surface area contributed by atoms with E-state index in [4.69, 9.17) is 15.2 Å². The molecule has 0 aromatic rings. The quantitative estimate of drug-likeness (QED) is 0.747. The Hall–Kier alpha value is -0.650. The minimum Gasteiger partial charge on any atom is -0.372 e. The Morgan fingerprint density at radius 1 is 1.24 bits per heavy atom. The van der Waals surface area contributed by atoms with E-state index in [0.717, 1.165) is 12.8 Å². The molecule has 0 saturated carbocycles. The molecular formula is C12H22N2O3. The van der Waals surface area contributed by atoms with Crippen LogP contribution in [0, 0.1) is 0 Å². The van der Waals surface area contributed by atoms with Crippen LogP contribution < -0.4 is 5.73 Å². The summed E-state index contributed by atoms with van der Waals surface area (Å²) in [6.07, 6.45) is 1.66. The van der Waals surface area contributed by atoms with Crippen LogP contribution in [-0.2, 0) is 14.3 Å². The number of rotatable bonds is 2. The largest absolute Gasteiger partial charge is 0.372 e. The molecule has 1 amide bonds. The Balaban J connectivity index is 1.91. The highest BCUT2D eigenvalue weighted by atomic mass is 16.5. The number of carbonyl (C=O) groups is 1. The first-order chi connectivity index (χ1) is 8.10. The van der Waals surface area contributed by atoms with Gasteiger partial charge in [-0.1, -0.05) is 0 Å². The standard InChI is InChI=1S/C12H22N2O3/c1-8-6-14(7-9(2)16-8)12(15)11-4-3-10(5-13)17-11/h8-11H,3-7,13H2,1-2H3. The van der Waals surface area contributed by atoms with E-state index in [1.54, 1.807) is 0 Å². The van der Waals surface area contributed by atoms with E-state index in [-0.39, 0.29) is 30.3 Å². The van der Waals surface area contributed by atoms with Crippen molar-refractivity contribution in [3.05, 3.63) is 0 Å². The summed E-state index contributed by atoms with van der Waals surface area (Å²) < 4.78 is 11.3. The lowest BCUT2D eigenvalue weighted by molar-refractivity contribution is -0.154. The molecule has 4 atom stereocenters. The normalized spacial score (nSPS) is 38.4. The second-order valence-electron chi connectivity index (χ2n) is 5.06. The maximum atomic E-state index is 12.3. The molecule has 2 saturated heterocycles. The first-order valence-electron chi connectivity index (χ1n) is 6.40. The number of ether oxygens (including phenoxy) is 2. The van der Waals surface area contributed by atoms with E-state index in [2.05, 4.69) is 0 Å². The molecule has 0 spiro atoms. The summed E-state index contributed by atoms with van der Waals surface area (Å²) in [4.78, 5) is 14.1. The van der Waals surface area contributed by atoms with E-state index < -0.39 is 0 Å². The number of nitrogens with zero attached hydrogens (tertiary/aromatic N) is 1. The van der Waals surface area contributed by atoms with Crippen molar-refractivity contribution in [1.82, 2.24) is 4.90 Å². The Bertz CT molecular complexity index is 275. The third kappa shape index (κ3) is 2.97. The summed E-state index contributed by atoms with van der Waals surface area (Å²) >= 11 is 0. The summed E-state index contributed by atoms with van der Waals surface area (Å²) in [6, 6.07) is 0. The van der Waals surface area contributed by atoms with E-state index in [1.807, 2.05) is 18.7 Å². The van der Waals surface area contributed by atoms with Crippen molar-refractivity contribution in [3.63, 3.8) is 0 Å². The topological polar surface area (TPSA) is 64.8 Å². The molecule has 0 aliphatic carbocycles. The molecule has 5 nitrogen and oxygen atoms in total. The van der Waals surface area contributed by atoms with E-state index >= 15 is 0 Å². The molecule has 0 aromatic carbocycles. The Morgan fingerprint density at radius 3 is 2.41 bits per heavy atom. The minimum absolute atomic E-state index is 0.0554. The van der Waals surface area contributed by atoms with Crippen LogP contribution in [0.1, 0.15) is 26.7 Å². The van der Waals surface area contributed by atoms with Gasteiger partial charge in [-0.2, -0.15) is 0 Å². The van der Waals surface area contributed by atoms with Gasteiger partial charge in [0.05, 0.1) is 18.3 Å². The monoisotopic (exact) mass is 242 g/mol. The van der Waals surface area contributed by atoms with E-state index in [0.29, 0.717) is 19.6 Å². The second-order valence-corrected chi connectivity index (χ2v) is 5.06. The first kappa shape index (κ1) is 12.8. The van der Waals surface area contributed by atoms with Gasteiger partial charge in [-0.25, -0.2) is 0 Å². The average Bonchev–Trinajstić information content (AvgIpc) is 2.75. The van der Waals surface area contributed by atoms with Crippen LogP contribution in [0.2, 0.25) is 0 Å². The molecule has 5 heteroatoms. The summed E-state index contributed by atoms with van der Waals surface area (Å²) in [5, 5.41) is 0. The van der Waals surface area contributed by atoms with Crippen molar-refractivity contribution in [3.8, 4) is 0 Å². The molecule has 2 fully saturated rings. The number of morpholine rings is 1. The zero-order chi connectivity index (χ0) is 12.4. The molecule has 0 aromatic heterocycles. The van der Waals surface area contributed by atoms with Crippen LogP contribution in [0.5, 0.6) is 0 Å². The van der Waals surface area contributed by atoms with Crippen molar-refractivity contribution in [2.75, 3.05) is 19.6 Å². The van der Waals surface area contributed by atoms with Crippen molar-refractivity contribution < 1.29 is 14.3 Å². The Labute approximate surface area is 102 Å². The van der Waals surface area contributed by atoms with Crippen LogP contribution >= 0.6 is 0 Å². The van der Waals surface area contributed by atoms with Gasteiger partial charge in [-0.05, 0) is 26.7 Å². The summed E-state index contributed by atoms with van der Waals surface area (Å²) in [5.74, 6) is 0.1000. The lowest BCUT2D eigenvalue weighted by Gasteiger charge is -2.36. The van der Waals surface area contributed by atoms with Crippen LogP contribution in [-0.4, -0.2) is 54.9 Å². The fourth-order valence-corrected chi connectivity index (χ4v) is 2.62. The second kappa shape index (κ2) is 5.33. The summed E-state index contributed by atoms with van der Waals surface area (Å²) in [5.41, 5.74) is 5.55. The SMILES string of the molecule is CC1CN(C(=O)C2CCC(CN)O2)CC(C)O1. The highest BCUT2D eigenvalue weighted by Gasteiger charge is 2.35. The van der Waals surface area contributed by atoms with Gasteiger partial charge >= 0.3 is 0 Å². The predicted octanol–water partition coefficient (Wildman–Crippen LogP) is 0.129. The van der Waals surface area contributed by atoms with Crippen molar-refractivity contribution in [1.29, 1.82) is 0 Å². The molecule has 2 heterocycles. The third-order valence-electron chi connectivity index (χ3n) is 3.38. The molecule has 0 bridgehead atoms. The van der Waals surface area contributed by atoms with Gasteiger partial charge in [0.2, 0.25) is 0 Å². The van der Waals surface area contributed by atoms with Crippen LogP contribution in [0.25, 0.3) is 0 Å². The molecule has 2 aliphatic heterocycles. The average molecular weight is 242 g/mol. The van der Waals surface area contributed by atoms with Gasteiger partial charge in [-0.15, -0.1) is 0 Å². The number of hydrogen-bond acceptors (Lipinski definition) is 4. The van der Waals surface area contributed by atoms with Gasteiger partial charge in [-0.3, -0.25) is 4.79 Å². The van der Waals surface area contributed by atoms with Crippen molar-refractivity contribution in [2.24, 2.45) is 5.73 Å². The molecule has 2 rings (SSSR count). The molecule has 2 N–H and O–H groups in total. The van der Waals surface area contributed by atoms with Crippen molar-refractivity contribution in [2.45, 2.75) is 51.1 Å². The van der Waals surface area contributed by atoms with Crippen LogP contribution in [0.15, 0.2) is 0 Å². The van der Waals surface area contributed by atoms with Gasteiger partial charge in [0.15, 0.2) is 0 Å².